The number of aromatic nitrogens is 2. The van der Waals surface area contributed by atoms with Gasteiger partial charge in [0.25, 0.3) is 12.0 Å². The van der Waals surface area contributed by atoms with Gasteiger partial charge < -0.3 is 15.0 Å². The van der Waals surface area contributed by atoms with Crippen LogP contribution >= 0.6 is 0 Å². The van der Waals surface area contributed by atoms with Crippen molar-refractivity contribution in [1.29, 1.82) is 0 Å². The van der Waals surface area contributed by atoms with Crippen molar-refractivity contribution in [2.75, 3.05) is 19.8 Å². The third-order valence-electron chi connectivity index (χ3n) is 2.30. The van der Waals surface area contributed by atoms with Crippen LogP contribution in [-0.4, -0.2) is 36.2 Å². The molecular formula is C12H19F2N3O2. The van der Waals surface area contributed by atoms with E-state index >= 15 is 0 Å². The quantitative estimate of drug-likeness (QED) is 0.662. The van der Waals surface area contributed by atoms with Gasteiger partial charge >= 0.3 is 0 Å². The molecular weight excluding hydrogens is 256 g/mol. The van der Waals surface area contributed by atoms with E-state index in [0.29, 0.717) is 24.5 Å². The van der Waals surface area contributed by atoms with Gasteiger partial charge in [-0.1, -0.05) is 6.92 Å². The fourth-order valence-corrected chi connectivity index (χ4v) is 1.51. The number of H-pyrrole nitrogens is 1. The van der Waals surface area contributed by atoms with E-state index in [2.05, 4.69) is 15.3 Å². The maximum absolute atomic E-state index is 11.9. The summed E-state index contributed by atoms with van der Waals surface area (Å²) < 4.78 is 28.5. The number of rotatable bonds is 9. The zero-order chi connectivity index (χ0) is 14.1. The summed E-state index contributed by atoms with van der Waals surface area (Å²) in [5, 5.41) is 3.14. The van der Waals surface area contributed by atoms with Gasteiger partial charge in [0.05, 0.1) is 12.3 Å². The van der Waals surface area contributed by atoms with Gasteiger partial charge in [0, 0.05) is 19.0 Å². The van der Waals surface area contributed by atoms with Crippen LogP contribution in [0.4, 0.5) is 8.78 Å². The highest BCUT2D eigenvalue weighted by Crippen LogP contribution is 1.96. The lowest BCUT2D eigenvalue weighted by atomic mass is 10.3. The normalized spacial score (nSPS) is 11.2. The molecule has 0 fully saturated rings. The van der Waals surface area contributed by atoms with Crippen molar-refractivity contribution in [3.63, 3.8) is 0 Å². The summed E-state index contributed by atoms with van der Waals surface area (Å²) in [7, 11) is 0. The van der Waals surface area contributed by atoms with Gasteiger partial charge in [-0.05, 0) is 13.0 Å². The Morgan fingerprint density at radius 1 is 1.53 bits per heavy atom. The van der Waals surface area contributed by atoms with Crippen molar-refractivity contribution in [3.8, 4) is 0 Å². The van der Waals surface area contributed by atoms with Crippen LogP contribution in [0.1, 0.15) is 24.9 Å². The molecule has 0 bridgehead atoms. The van der Waals surface area contributed by atoms with Gasteiger partial charge in [0.2, 0.25) is 0 Å². The minimum absolute atomic E-state index is 0.110. The Hall–Kier alpha value is -1.34. The number of alkyl halides is 2. The van der Waals surface area contributed by atoms with Crippen LogP contribution in [0.15, 0.2) is 10.9 Å². The van der Waals surface area contributed by atoms with Crippen LogP contribution in [0.2, 0.25) is 0 Å². The van der Waals surface area contributed by atoms with Crippen molar-refractivity contribution in [2.45, 2.75) is 32.7 Å². The molecule has 1 aromatic rings. The Balaban J connectivity index is 2.46. The number of hydrogen-bond acceptors (Lipinski definition) is 4. The third-order valence-corrected chi connectivity index (χ3v) is 2.30. The molecule has 5 nitrogen and oxygen atoms in total. The fraction of sp³-hybridized carbons (Fsp3) is 0.667. The highest BCUT2D eigenvalue weighted by atomic mass is 19.3. The third kappa shape index (κ3) is 6.97. The first-order valence-electron chi connectivity index (χ1n) is 6.27. The average molecular weight is 275 g/mol. The van der Waals surface area contributed by atoms with Crippen LogP contribution in [0.25, 0.3) is 0 Å². The number of halogens is 2. The molecule has 0 aliphatic carbocycles. The van der Waals surface area contributed by atoms with Crippen LogP contribution in [-0.2, 0) is 17.7 Å². The molecule has 0 spiro atoms. The van der Waals surface area contributed by atoms with E-state index in [1.165, 1.54) is 6.07 Å². The van der Waals surface area contributed by atoms with Gasteiger partial charge in [-0.3, -0.25) is 4.79 Å². The SMILES string of the molecule is CCCNCc1cc(=O)[nH]c(CCOCC(F)F)n1. The summed E-state index contributed by atoms with van der Waals surface area (Å²) in [5.74, 6) is 0.454. The topological polar surface area (TPSA) is 67.0 Å². The van der Waals surface area contributed by atoms with E-state index in [4.69, 9.17) is 4.74 Å². The van der Waals surface area contributed by atoms with Crippen molar-refractivity contribution >= 4 is 0 Å². The predicted octanol–water partition coefficient (Wildman–Crippen LogP) is 1.09. The molecule has 1 heterocycles. The van der Waals surface area contributed by atoms with E-state index in [1.807, 2.05) is 6.92 Å². The molecule has 0 radical (unpaired) electrons. The van der Waals surface area contributed by atoms with E-state index in [-0.39, 0.29) is 12.2 Å². The maximum Gasteiger partial charge on any atom is 0.261 e. The van der Waals surface area contributed by atoms with E-state index in [0.717, 1.165) is 13.0 Å². The first kappa shape index (κ1) is 15.7. The molecule has 0 atom stereocenters. The van der Waals surface area contributed by atoms with Gasteiger partial charge in [0.15, 0.2) is 0 Å². The summed E-state index contributed by atoms with van der Waals surface area (Å²) in [5.41, 5.74) is 0.396. The molecule has 0 amide bonds. The summed E-state index contributed by atoms with van der Waals surface area (Å²) in [4.78, 5) is 18.2. The van der Waals surface area contributed by atoms with Crippen molar-refractivity contribution in [3.05, 3.63) is 27.9 Å². The van der Waals surface area contributed by atoms with Gasteiger partial charge in [-0.2, -0.15) is 0 Å². The van der Waals surface area contributed by atoms with E-state index < -0.39 is 13.0 Å². The monoisotopic (exact) mass is 275 g/mol. The second kappa shape index (κ2) is 8.71. The Morgan fingerprint density at radius 2 is 2.32 bits per heavy atom. The summed E-state index contributed by atoms with van der Waals surface area (Å²) in [6.07, 6.45) is -1.17. The standard InChI is InChI=1S/C12H19F2N3O2/c1-2-4-15-7-9-6-12(18)17-11(16-9)3-5-19-8-10(13)14/h6,10,15H,2-5,7-8H2,1H3,(H,16,17,18). The van der Waals surface area contributed by atoms with Gasteiger partial charge in [-0.25, -0.2) is 13.8 Å². The van der Waals surface area contributed by atoms with Crippen LogP contribution in [0.5, 0.6) is 0 Å². The average Bonchev–Trinajstić information content (AvgIpc) is 2.34. The molecule has 0 saturated heterocycles. The molecule has 0 aromatic carbocycles. The summed E-state index contributed by atoms with van der Waals surface area (Å²) in [6, 6.07) is 1.42. The summed E-state index contributed by atoms with van der Waals surface area (Å²) in [6.45, 7) is 2.93. The number of nitrogens with zero attached hydrogens (tertiary/aromatic N) is 1. The zero-order valence-corrected chi connectivity index (χ0v) is 10.9. The van der Waals surface area contributed by atoms with Crippen molar-refractivity contribution in [1.82, 2.24) is 15.3 Å². The lowest BCUT2D eigenvalue weighted by Crippen LogP contribution is -2.20. The van der Waals surface area contributed by atoms with Crippen LogP contribution < -0.4 is 10.9 Å². The lowest BCUT2D eigenvalue weighted by Gasteiger charge is -2.06. The van der Waals surface area contributed by atoms with Gasteiger partial charge in [0.1, 0.15) is 12.4 Å². The molecule has 19 heavy (non-hydrogen) atoms. The van der Waals surface area contributed by atoms with Crippen LogP contribution in [0, 0.1) is 0 Å². The molecule has 1 rings (SSSR count). The van der Waals surface area contributed by atoms with Crippen molar-refractivity contribution < 1.29 is 13.5 Å². The minimum Gasteiger partial charge on any atom is -0.375 e. The first-order chi connectivity index (χ1) is 9.11. The summed E-state index contributed by atoms with van der Waals surface area (Å²) >= 11 is 0. The maximum atomic E-state index is 11.9. The first-order valence-corrected chi connectivity index (χ1v) is 6.27. The number of aromatic amines is 1. The number of hydrogen-bond donors (Lipinski definition) is 2. The number of ether oxygens (including phenoxy) is 1. The highest BCUT2D eigenvalue weighted by Gasteiger charge is 2.04. The molecule has 7 heteroatoms. The Bertz CT molecular complexity index is 424. The number of nitrogens with one attached hydrogen (secondary N) is 2. The molecule has 0 unspecified atom stereocenters. The molecule has 0 saturated carbocycles. The van der Waals surface area contributed by atoms with E-state index in [9.17, 15) is 13.6 Å². The Kier molecular flexibility index (Phi) is 7.20. The Morgan fingerprint density at radius 3 is 3.00 bits per heavy atom. The van der Waals surface area contributed by atoms with E-state index in [1.54, 1.807) is 0 Å². The second-order valence-corrected chi connectivity index (χ2v) is 4.08. The fourth-order valence-electron chi connectivity index (χ4n) is 1.51. The molecule has 108 valence electrons. The lowest BCUT2D eigenvalue weighted by molar-refractivity contribution is 0.0182. The highest BCUT2D eigenvalue weighted by molar-refractivity contribution is 5.02. The van der Waals surface area contributed by atoms with Crippen molar-refractivity contribution in [2.24, 2.45) is 0 Å². The predicted molar refractivity (Wildman–Crippen MR) is 67.4 cm³/mol. The Labute approximate surface area is 110 Å². The van der Waals surface area contributed by atoms with Crippen LogP contribution in [0.3, 0.4) is 0 Å². The zero-order valence-electron chi connectivity index (χ0n) is 10.9. The smallest absolute Gasteiger partial charge is 0.261 e. The molecule has 0 aliphatic rings. The molecule has 0 aliphatic heterocycles. The van der Waals surface area contributed by atoms with Gasteiger partial charge in [-0.15, -0.1) is 0 Å². The molecule has 2 N–H and O–H groups in total. The molecule has 1 aromatic heterocycles. The largest absolute Gasteiger partial charge is 0.375 e. The second-order valence-electron chi connectivity index (χ2n) is 4.08. The minimum atomic E-state index is -2.48.